The van der Waals surface area contributed by atoms with Crippen LogP contribution in [0.1, 0.15) is 25.7 Å². The second-order valence-electron chi connectivity index (χ2n) is 8.45. The minimum Gasteiger partial charge on any atom is -0.497 e. The maximum atomic E-state index is 12.8. The zero-order valence-corrected chi connectivity index (χ0v) is 21.7. The van der Waals surface area contributed by atoms with E-state index in [0.29, 0.717) is 23.1 Å². The summed E-state index contributed by atoms with van der Waals surface area (Å²) in [5, 5.41) is 0.618. The van der Waals surface area contributed by atoms with E-state index in [1.165, 1.54) is 0 Å². The fourth-order valence-corrected chi connectivity index (χ4v) is 4.96. The molecule has 0 saturated carbocycles. The molecule has 180 valence electrons. The molecule has 0 aliphatic carbocycles. The van der Waals surface area contributed by atoms with Crippen LogP contribution in [0.3, 0.4) is 0 Å². The Morgan fingerprint density at radius 2 is 1.79 bits per heavy atom. The van der Waals surface area contributed by atoms with Gasteiger partial charge in [-0.15, -0.1) is 0 Å². The van der Waals surface area contributed by atoms with Crippen molar-refractivity contribution in [3.8, 4) is 5.75 Å². The number of hydrogen-bond acceptors (Lipinski definition) is 5. The SMILES string of the molecule is COc1ccc(N2CCN(C(=O)CCCCCn3c(=S)[nH]c4ccc(Br)cc4c3=O)CC2)cc1. The summed E-state index contributed by atoms with van der Waals surface area (Å²) in [6, 6.07) is 13.6. The molecule has 1 aromatic heterocycles. The maximum absolute atomic E-state index is 12.8. The molecule has 1 amide bonds. The minimum atomic E-state index is -0.0779. The maximum Gasteiger partial charge on any atom is 0.262 e. The second kappa shape index (κ2) is 11.2. The number of hydrogen-bond donors (Lipinski definition) is 1. The molecule has 0 radical (unpaired) electrons. The van der Waals surface area contributed by atoms with Gasteiger partial charge in [-0.05, 0) is 67.5 Å². The number of amides is 1. The minimum absolute atomic E-state index is 0.0779. The number of unbranched alkanes of at least 4 members (excludes halogenated alkanes) is 2. The average molecular weight is 546 g/mol. The number of aromatic amines is 1. The third-order valence-corrected chi connectivity index (χ3v) is 7.10. The van der Waals surface area contributed by atoms with Crippen LogP contribution in [0.2, 0.25) is 0 Å². The van der Waals surface area contributed by atoms with Gasteiger partial charge >= 0.3 is 0 Å². The number of aromatic nitrogens is 2. The van der Waals surface area contributed by atoms with Gasteiger partial charge in [0.2, 0.25) is 5.91 Å². The highest BCUT2D eigenvalue weighted by atomic mass is 79.9. The molecule has 0 spiro atoms. The van der Waals surface area contributed by atoms with Crippen LogP contribution in [0.25, 0.3) is 10.9 Å². The number of anilines is 1. The molecule has 1 fully saturated rings. The molecule has 4 rings (SSSR count). The van der Waals surface area contributed by atoms with Gasteiger partial charge in [-0.3, -0.25) is 14.2 Å². The highest BCUT2D eigenvalue weighted by molar-refractivity contribution is 9.10. The number of carbonyl (C=O) groups excluding carboxylic acids is 1. The topological polar surface area (TPSA) is 70.6 Å². The summed E-state index contributed by atoms with van der Waals surface area (Å²) >= 11 is 8.81. The van der Waals surface area contributed by atoms with Crippen LogP contribution in [0.15, 0.2) is 51.7 Å². The van der Waals surface area contributed by atoms with E-state index < -0.39 is 0 Å². The first kappa shape index (κ1) is 24.5. The van der Waals surface area contributed by atoms with Crippen LogP contribution in [-0.4, -0.2) is 53.6 Å². The average Bonchev–Trinajstić information content (AvgIpc) is 2.86. The summed E-state index contributed by atoms with van der Waals surface area (Å²) < 4.78 is 8.13. The van der Waals surface area contributed by atoms with Crippen molar-refractivity contribution in [3.05, 3.63) is 62.1 Å². The number of rotatable bonds is 8. The third-order valence-electron chi connectivity index (χ3n) is 6.29. The van der Waals surface area contributed by atoms with Crippen molar-refractivity contribution in [2.24, 2.45) is 0 Å². The molecule has 1 saturated heterocycles. The second-order valence-corrected chi connectivity index (χ2v) is 9.76. The van der Waals surface area contributed by atoms with E-state index in [-0.39, 0.29) is 11.5 Å². The molecule has 7 nitrogen and oxygen atoms in total. The van der Waals surface area contributed by atoms with Crippen molar-refractivity contribution in [1.82, 2.24) is 14.5 Å². The monoisotopic (exact) mass is 544 g/mol. The molecule has 3 aromatic rings. The van der Waals surface area contributed by atoms with Gasteiger partial charge in [0.1, 0.15) is 5.75 Å². The molecule has 0 bridgehead atoms. The van der Waals surface area contributed by atoms with E-state index in [1.807, 2.05) is 35.2 Å². The Morgan fingerprint density at radius 1 is 1.06 bits per heavy atom. The summed E-state index contributed by atoms with van der Waals surface area (Å²) in [6.45, 7) is 3.68. The molecule has 2 aromatic carbocycles. The fraction of sp³-hybridized carbons (Fsp3) is 0.400. The Labute approximate surface area is 212 Å². The van der Waals surface area contributed by atoms with Crippen molar-refractivity contribution in [1.29, 1.82) is 0 Å². The molecular weight excluding hydrogens is 516 g/mol. The van der Waals surface area contributed by atoms with E-state index in [9.17, 15) is 9.59 Å². The molecule has 2 heterocycles. The number of fused-ring (bicyclic) bond motifs is 1. The van der Waals surface area contributed by atoms with Crippen LogP contribution >= 0.6 is 28.1 Å². The molecule has 0 unspecified atom stereocenters. The standard InChI is InChI=1S/C25H29BrN4O3S/c1-33-20-9-7-19(8-10-20)28-13-15-29(16-14-28)23(31)5-3-2-4-12-30-24(32)21-17-18(26)6-11-22(21)27-25(30)34/h6-11,17H,2-5,12-16H2,1H3,(H,27,34). The molecule has 0 atom stereocenters. The van der Waals surface area contributed by atoms with E-state index >= 15 is 0 Å². The number of H-pyrrole nitrogens is 1. The van der Waals surface area contributed by atoms with Crippen molar-refractivity contribution in [2.75, 3.05) is 38.2 Å². The zero-order valence-electron chi connectivity index (χ0n) is 19.3. The van der Waals surface area contributed by atoms with Crippen molar-refractivity contribution in [2.45, 2.75) is 32.2 Å². The van der Waals surface area contributed by atoms with Gasteiger partial charge in [0.05, 0.1) is 18.0 Å². The molecule has 34 heavy (non-hydrogen) atoms. The molecular formula is C25H29BrN4O3S. The summed E-state index contributed by atoms with van der Waals surface area (Å²) in [7, 11) is 1.66. The van der Waals surface area contributed by atoms with E-state index in [2.05, 4.69) is 37.9 Å². The number of piperazine rings is 1. The van der Waals surface area contributed by atoms with E-state index in [1.54, 1.807) is 11.7 Å². The normalized spacial score (nSPS) is 13.9. The lowest BCUT2D eigenvalue weighted by Crippen LogP contribution is -2.48. The van der Waals surface area contributed by atoms with Crippen molar-refractivity contribution < 1.29 is 9.53 Å². The quantitative estimate of drug-likeness (QED) is 0.327. The van der Waals surface area contributed by atoms with Gasteiger partial charge in [0.15, 0.2) is 4.77 Å². The molecule has 1 aliphatic heterocycles. The van der Waals surface area contributed by atoms with Gasteiger partial charge in [-0.25, -0.2) is 0 Å². The number of methoxy groups -OCH3 is 1. The number of nitrogens with zero attached hydrogens (tertiary/aromatic N) is 3. The van der Waals surface area contributed by atoms with Gasteiger partial charge in [0, 0.05) is 49.3 Å². The summed E-state index contributed by atoms with van der Waals surface area (Å²) in [4.78, 5) is 32.9. The summed E-state index contributed by atoms with van der Waals surface area (Å²) in [5.41, 5.74) is 1.82. The van der Waals surface area contributed by atoms with Crippen LogP contribution in [-0.2, 0) is 11.3 Å². The largest absolute Gasteiger partial charge is 0.497 e. The first-order valence-electron chi connectivity index (χ1n) is 11.6. The Bertz CT molecular complexity index is 1260. The Kier molecular flexibility index (Phi) is 8.05. The van der Waals surface area contributed by atoms with E-state index in [4.69, 9.17) is 17.0 Å². The fourth-order valence-electron chi connectivity index (χ4n) is 4.31. The van der Waals surface area contributed by atoms with Gasteiger partial charge in [-0.2, -0.15) is 0 Å². The summed E-state index contributed by atoms with van der Waals surface area (Å²) in [6.07, 6.45) is 3.02. The lowest BCUT2D eigenvalue weighted by atomic mass is 10.1. The molecule has 1 aliphatic rings. The number of ether oxygens (including phenoxy) is 1. The van der Waals surface area contributed by atoms with Crippen LogP contribution < -0.4 is 15.2 Å². The Morgan fingerprint density at radius 3 is 2.50 bits per heavy atom. The lowest BCUT2D eigenvalue weighted by Gasteiger charge is -2.36. The first-order valence-corrected chi connectivity index (χ1v) is 12.8. The Hall–Kier alpha value is -2.65. The van der Waals surface area contributed by atoms with Crippen molar-refractivity contribution in [3.63, 3.8) is 0 Å². The first-order chi connectivity index (χ1) is 16.5. The van der Waals surface area contributed by atoms with Crippen molar-refractivity contribution >= 4 is 50.6 Å². The van der Waals surface area contributed by atoms with Crippen LogP contribution in [0, 0.1) is 4.77 Å². The highest BCUT2D eigenvalue weighted by Crippen LogP contribution is 2.21. The van der Waals surface area contributed by atoms with Crippen LogP contribution in [0.5, 0.6) is 5.75 Å². The number of carbonyl (C=O) groups is 1. The van der Waals surface area contributed by atoms with E-state index in [0.717, 1.165) is 66.9 Å². The number of benzene rings is 2. The third kappa shape index (κ3) is 5.70. The number of halogens is 1. The predicted molar refractivity (Wildman–Crippen MR) is 141 cm³/mol. The lowest BCUT2D eigenvalue weighted by molar-refractivity contribution is -0.131. The predicted octanol–water partition coefficient (Wildman–Crippen LogP) is 4.74. The molecule has 1 N–H and O–H groups in total. The highest BCUT2D eigenvalue weighted by Gasteiger charge is 2.21. The summed E-state index contributed by atoms with van der Waals surface area (Å²) in [5.74, 6) is 1.05. The number of nitrogens with one attached hydrogen (secondary N) is 1. The Balaban J connectivity index is 1.21. The molecule has 9 heteroatoms. The smallest absolute Gasteiger partial charge is 0.262 e. The van der Waals surface area contributed by atoms with Crippen LogP contribution in [0.4, 0.5) is 5.69 Å². The van der Waals surface area contributed by atoms with Gasteiger partial charge < -0.3 is 19.5 Å². The van der Waals surface area contributed by atoms with Gasteiger partial charge in [-0.1, -0.05) is 22.4 Å². The van der Waals surface area contributed by atoms with Gasteiger partial charge in [0.25, 0.3) is 5.56 Å². The zero-order chi connectivity index (χ0) is 24.1.